The molecule has 1 unspecified atom stereocenters. The number of benzene rings is 2. The molecule has 0 fully saturated rings. The van der Waals surface area contributed by atoms with E-state index in [-0.39, 0.29) is 11.5 Å². The summed E-state index contributed by atoms with van der Waals surface area (Å²) in [6.07, 6.45) is 1.50. The van der Waals surface area contributed by atoms with Gasteiger partial charge in [-0.1, -0.05) is 37.3 Å². The van der Waals surface area contributed by atoms with Gasteiger partial charge in [0.05, 0.1) is 21.5 Å². The first-order valence-electron chi connectivity index (χ1n) is 7.21. The van der Waals surface area contributed by atoms with Gasteiger partial charge in [0.2, 0.25) is 0 Å². The van der Waals surface area contributed by atoms with E-state index in [1.807, 2.05) is 37.3 Å². The van der Waals surface area contributed by atoms with E-state index in [0.717, 1.165) is 23.8 Å². The molecule has 0 aromatic heterocycles. The normalized spacial score (nSPS) is 11.9. The molecule has 9 heteroatoms. The molecule has 128 valence electrons. The van der Waals surface area contributed by atoms with Gasteiger partial charge in [-0.25, -0.2) is 5.43 Å². The second-order valence-electron chi connectivity index (χ2n) is 5.17. The van der Waals surface area contributed by atoms with Crippen LogP contribution in [0.5, 0.6) is 0 Å². The largest absolute Gasteiger partial charge is 0.277 e. The number of non-ortho nitro benzene ring substituents is 2. The van der Waals surface area contributed by atoms with Crippen molar-refractivity contribution in [2.24, 2.45) is 5.10 Å². The van der Waals surface area contributed by atoms with Gasteiger partial charge in [0.1, 0.15) is 0 Å². The Hall–Kier alpha value is -3.62. The zero-order valence-corrected chi connectivity index (χ0v) is 13.2. The maximum Gasteiger partial charge on any atom is 0.277 e. The van der Waals surface area contributed by atoms with Crippen LogP contribution in [0.1, 0.15) is 28.8 Å². The highest BCUT2D eigenvalue weighted by Gasteiger charge is 2.19. The van der Waals surface area contributed by atoms with Crippen LogP contribution in [0.25, 0.3) is 0 Å². The van der Waals surface area contributed by atoms with Crippen LogP contribution in [0.4, 0.5) is 11.4 Å². The third kappa shape index (κ3) is 4.67. The Balaban J connectivity index is 2.14. The maximum atomic E-state index is 12.0. The Kier molecular flexibility index (Phi) is 5.51. The van der Waals surface area contributed by atoms with Crippen molar-refractivity contribution in [1.82, 2.24) is 5.43 Å². The fourth-order valence-electron chi connectivity index (χ4n) is 2.05. The molecule has 0 radical (unpaired) electrons. The van der Waals surface area contributed by atoms with E-state index in [1.165, 1.54) is 6.21 Å². The fraction of sp³-hybridized carbons (Fsp3) is 0.125. The predicted molar refractivity (Wildman–Crippen MR) is 90.6 cm³/mol. The molecule has 9 nitrogen and oxygen atoms in total. The number of carbonyl (C=O) groups is 1. The zero-order chi connectivity index (χ0) is 18.4. The van der Waals surface area contributed by atoms with E-state index in [9.17, 15) is 25.0 Å². The number of nitro groups is 2. The minimum atomic E-state index is -0.801. The topological polar surface area (TPSA) is 128 Å². The lowest BCUT2D eigenvalue weighted by molar-refractivity contribution is -0.394. The van der Waals surface area contributed by atoms with Crippen molar-refractivity contribution in [2.45, 2.75) is 12.8 Å². The number of nitrogens with zero attached hydrogens (tertiary/aromatic N) is 3. The molecule has 0 bridgehead atoms. The van der Waals surface area contributed by atoms with Crippen molar-refractivity contribution in [2.75, 3.05) is 0 Å². The Labute approximate surface area is 142 Å². The van der Waals surface area contributed by atoms with Crippen molar-refractivity contribution >= 4 is 23.5 Å². The Morgan fingerprint density at radius 2 is 1.64 bits per heavy atom. The minimum absolute atomic E-state index is 0.0686. The summed E-state index contributed by atoms with van der Waals surface area (Å²) in [5, 5.41) is 25.5. The van der Waals surface area contributed by atoms with Gasteiger partial charge >= 0.3 is 0 Å². The van der Waals surface area contributed by atoms with E-state index < -0.39 is 27.1 Å². The second-order valence-corrected chi connectivity index (χ2v) is 5.17. The molecular formula is C16H14N4O5. The number of nitro benzene ring substituents is 2. The van der Waals surface area contributed by atoms with E-state index >= 15 is 0 Å². The van der Waals surface area contributed by atoms with Crippen LogP contribution < -0.4 is 5.43 Å². The summed E-state index contributed by atoms with van der Waals surface area (Å²) in [7, 11) is 0. The molecule has 0 saturated heterocycles. The third-order valence-corrected chi connectivity index (χ3v) is 3.38. The van der Waals surface area contributed by atoms with Crippen molar-refractivity contribution < 1.29 is 14.6 Å². The van der Waals surface area contributed by atoms with Crippen molar-refractivity contribution in [1.29, 1.82) is 0 Å². The van der Waals surface area contributed by atoms with Gasteiger partial charge in [0, 0.05) is 24.3 Å². The van der Waals surface area contributed by atoms with Crippen LogP contribution in [0.15, 0.2) is 53.6 Å². The molecule has 2 aromatic rings. The van der Waals surface area contributed by atoms with Crippen molar-refractivity contribution in [3.8, 4) is 0 Å². The third-order valence-electron chi connectivity index (χ3n) is 3.38. The molecule has 0 aliphatic rings. The average molecular weight is 342 g/mol. The summed E-state index contributed by atoms with van der Waals surface area (Å²) in [5.41, 5.74) is 1.91. The monoisotopic (exact) mass is 342 g/mol. The number of hydrogen-bond acceptors (Lipinski definition) is 6. The molecule has 1 amide bonds. The van der Waals surface area contributed by atoms with Crippen LogP contribution in [-0.4, -0.2) is 22.0 Å². The quantitative estimate of drug-likeness (QED) is 0.490. The molecule has 0 aliphatic heterocycles. The minimum Gasteiger partial charge on any atom is -0.267 e. The van der Waals surface area contributed by atoms with Gasteiger partial charge in [-0.15, -0.1) is 0 Å². The van der Waals surface area contributed by atoms with Crippen molar-refractivity contribution in [3.05, 3.63) is 79.9 Å². The standard InChI is InChI=1S/C16H14N4O5/c1-11(12-5-3-2-4-6-12)10-17-18-16(21)13-7-14(19(22)23)9-15(8-13)20(24)25/h2-11H,1H3,(H,18,21). The first kappa shape index (κ1) is 17.7. The molecule has 2 aromatic carbocycles. The molecule has 0 spiro atoms. The molecule has 0 heterocycles. The smallest absolute Gasteiger partial charge is 0.267 e. The molecule has 25 heavy (non-hydrogen) atoms. The highest BCUT2D eigenvalue weighted by molar-refractivity contribution is 5.95. The molecule has 1 atom stereocenters. The number of carbonyl (C=O) groups excluding carboxylic acids is 1. The van der Waals surface area contributed by atoms with Crippen molar-refractivity contribution in [3.63, 3.8) is 0 Å². The highest BCUT2D eigenvalue weighted by Crippen LogP contribution is 2.22. The summed E-state index contributed by atoms with van der Waals surface area (Å²) >= 11 is 0. The Morgan fingerprint density at radius 1 is 1.08 bits per heavy atom. The lowest BCUT2D eigenvalue weighted by atomic mass is 10.0. The Morgan fingerprint density at radius 3 is 2.16 bits per heavy atom. The van der Waals surface area contributed by atoms with Gasteiger partial charge in [-0.05, 0) is 5.56 Å². The van der Waals surface area contributed by atoms with Crippen LogP contribution in [0.3, 0.4) is 0 Å². The van der Waals surface area contributed by atoms with E-state index in [1.54, 1.807) is 0 Å². The number of hydrogen-bond donors (Lipinski definition) is 1. The summed E-state index contributed by atoms with van der Waals surface area (Å²) in [5.74, 6) is -0.843. The number of rotatable bonds is 6. The van der Waals surface area contributed by atoms with Crippen LogP contribution in [0.2, 0.25) is 0 Å². The lowest BCUT2D eigenvalue weighted by Gasteiger charge is -2.05. The average Bonchev–Trinajstić information content (AvgIpc) is 2.61. The van der Waals surface area contributed by atoms with Gasteiger partial charge in [0.15, 0.2) is 0 Å². The highest BCUT2D eigenvalue weighted by atomic mass is 16.6. The van der Waals surface area contributed by atoms with Gasteiger partial charge in [-0.2, -0.15) is 5.10 Å². The molecule has 1 N–H and O–H groups in total. The van der Waals surface area contributed by atoms with Crippen LogP contribution >= 0.6 is 0 Å². The summed E-state index contributed by atoms with van der Waals surface area (Å²) < 4.78 is 0. The zero-order valence-electron chi connectivity index (χ0n) is 13.2. The first-order valence-corrected chi connectivity index (χ1v) is 7.21. The van der Waals surface area contributed by atoms with E-state index in [2.05, 4.69) is 10.5 Å². The van der Waals surface area contributed by atoms with Gasteiger partial charge in [0.25, 0.3) is 17.3 Å². The molecule has 0 aliphatic carbocycles. The lowest BCUT2D eigenvalue weighted by Crippen LogP contribution is -2.18. The summed E-state index contributed by atoms with van der Waals surface area (Å²) in [6, 6.07) is 12.1. The predicted octanol–water partition coefficient (Wildman–Crippen LogP) is 3.02. The van der Waals surface area contributed by atoms with E-state index in [4.69, 9.17) is 0 Å². The molecule has 0 saturated carbocycles. The van der Waals surface area contributed by atoms with Gasteiger partial charge < -0.3 is 0 Å². The van der Waals surface area contributed by atoms with Crippen LogP contribution in [0, 0.1) is 20.2 Å². The van der Waals surface area contributed by atoms with Gasteiger partial charge in [-0.3, -0.25) is 25.0 Å². The van der Waals surface area contributed by atoms with Crippen LogP contribution in [-0.2, 0) is 0 Å². The Bertz CT molecular complexity index is 803. The summed E-state index contributed by atoms with van der Waals surface area (Å²) in [4.78, 5) is 32.1. The number of nitrogens with one attached hydrogen (secondary N) is 1. The maximum absolute atomic E-state index is 12.0. The fourth-order valence-corrected chi connectivity index (χ4v) is 2.05. The van der Waals surface area contributed by atoms with E-state index in [0.29, 0.717) is 0 Å². The number of amides is 1. The first-order chi connectivity index (χ1) is 11.9. The molecule has 2 rings (SSSR count). The molecular weight excluding hydrogens is 328 g/mol. The second kappa shape index (κ2) is 7.77. The number of hydrazone groups is 1. The summed E-state index contributed by atoms with van der Waals surface area (Å²) in [6.45, 7) is 1.88. The SMILES string of the molecule is CC(C=NNC(=O)c1cc([N+](=O)[O-])cc([N+](=O)[O-])c1)c1ccccc1.